The molecule has 6 nitrogen and oxygen atoms in total. The molecule has 0 aliphatic carbocycles. The number of aromatic nitrogens is 3. The van der Waals surface area contributed by atoms with Gasteiger partial charge in [0.2, 0.25) is 11.8 Å². The fourth-order valence-corrected chi connectivity index (χ4v) is 1.89. The Morgan fingerprint density at radius 2 is 1.90 bits per heavy atom. The lowest BCUT2D eigenvalue weighted by atomic mass is 10.1. The highest BCUT2D eigenvalue weighted by atomic mass is 16.5. The molecule has 0 spiro atoms. The van der Waals surface area contributed by atoms with Gasteiger partial charge in [0.15, 0.2) is 0 Å². The summed E-state index contributed by atoms with van der Waals surface area (Å²) in [6.45, 7) is 2.61. The standard InChI is InChI=1S/C14H18N4O2/c1-10(11-5-4-6-15-7-11)16-8-12-13(19-2)17-9-18-14(12)20-3/h4-7,9-10,16H,8H2,1-3H3/t10-/m1/s1. The van der Waals surface area contributed by atoms with Crippen molar-refractivity contribution < 1.29 is 9.47 Å². The van der Waals surface area contributed by atoms with Crippen LogP contribution in [0.5, 0.6) is 11.8 Å². The van der Waals surface area contributed by atoms with Gasteiger partial charge in [-0.1, -0.05) is 6.07 Å². The number of methoxy groups -OCH3 is 2. The molecule has 2 rings (SSSR count). The van der Waals surface area contributed by atoms with E-state index < -0.39 is 0 Å². The second-order valence-electron chi connectivity index (χ2n) is 4.26. The Labute approximate surface area is 118 Å². The Morgan fingerprint density at radius 3 is 2.45 bits per heavy atom. The van der Waals surface area contributed by atoms with E-state index in [2.05, 4.69) is 27.2 Å². The maximum atomic E-state index is 5.24. The maximum Gasteiger partial charge on any atom is 0.224 e. The first kappa shape index (κ1) is 14.2. The van der Waals surface area contributed by atoms with Crippen molar-refractivity contribution in [1.82, 2.24) is 20.3 Å². The molecule has 0 radical (unpaired) electrons. The van der Waals surface area contributed by atoms with Crippen LogP contribution in [0, 0.1) is 0 Å². The van der Waals surface area contributed by atoms with Crippen LogP contribution in [0.15, 0.2) is 30.9 Å². The summed E-state index contributed by atoms with van der Waals surface area (Å²) in [6, 6.07) is 4.10. The maximum absolute atomic E-state index is 5.24. The number of hydrogen-bond acceptors (Lipinski definition) is 6. The number of ether oxygens (including phenoxy) is 2. The summed E-state index contributed by atoms with van der Waals surface area (Å²) >= 11 is 0. The molecule has 2 aromatic rings. The zero-order valence-corrected chi connectivity index (χ0v) is 11.8. The first-order valence-corrected chi connectivity index (χ1v) is 6.31. The molecule has 0 saturated carbocycles. The smallest absolute Gasteiger partial charge is 0.224 e. The highest BCUT2D eigenvalue weighted by molar-refractivity contribution is 5.34. The van der Waals surface area contributed by atoms with E-state index in [1.807, 2.05) is 18.3 Å². The van der Waals surface area contributed by atoms with Crippen molar-refractivity contribution in [3.05, 3.63) is 42.0 Å². The summed E-state index contributed by atoms with van der Waals surface area (Å²) in [7, 11) is 3.16. The van der Waals surface area contributed by atoms with Crippen LogP contribution in [0.3, 0.4) is 0 Å². The molecular formula is C14H18N4O2. The van der Waals surface area contributed by atoms with Gasteiger partial charge in [-0.05, 0) is 18.6 Å². The highest BCUT2D eigenvalue weighted by Gasteiger charge is 2.14. The number of pyridine rings is 1. The van der Waals surface area contributed by atoms with E-state index in [1.165, 1.54) is 6.33 Å². The van der Waals surface area contributed by atoms with Crippen LogP contribution in [0.1, 0.15) is 24.1 Å². The fraction of sp³-hybridized carbons (Fsp3) is 0.357. The van der Waals surface area contributed by atoms with E-state index >= 15 is 0 Å². The van der Waals surface area contributed by atoms with Crippen LogP contribution in [0.25, 0.3) is 0 Å². The van der Waals surface area contributed by atoms with Crippen LogP contribution in [-0.4, -0.2) is 29.2 Å². The van der Waals surface area contributed by atoms with Gasteiger partial charge in [-0.2, -0.15) is 0 Å². The van der Waals surface area contributed by atoms with Crippen LogP contribution in [-0.2, 0) is 6.54 Å². The summed E-state index contributed by atoms with van der Waals surface area (Å²) in [5.74, 6) is 1.03. The SMILES string of the molecule is COc1ncnc(OC)c1CN[C@H](C)c1cccnc1. The third kappa shape index (κ3) is 3.21. The van der Waals surface area contributed by atoms with Gasteiger partial charge >= 0.3 is 0 Å². The van der Waals surface area contributed by atoms with Gasteiger partial charge in [-0.15, -0.1) is 0 Å². The predicted octanol–water partition coefficient (Wildman–Crippen LogP) is 1.74. The largest absolute Gasteiger partial charge is 0.481 e. The fourth-order valence-electron chi connectivity index (χ4n) is 1.89. The van der Waals surface area contributed by atoms with Crippen molar-refractivity contribution in [1.29, 1.82) is 0 Å². The average molecular weight is 274 g/mol. The third-order valence-electron chi connectivity index (χ3n) is 3.02. The van der Waals surface area contributed by atoms with Gasteiger partial charge in [0.1, 0.15) is 6.33 Å². The Hall–Kier alpha value is -2.21. The molecule has 6 heteroatoms. The Balaban J connectivity index is 2.11. The molecule has 0 fully saturated rings. The number of nitrogens with one attached hydrogen (secondary N) is 1. The van der Waals surface area contributed by atoms with Gasteiger partial charge in [0.05, 0.1) is 19.8 Å². The van der Waals surface area contributed by atoms with Crippen LogP contribution in [0.2, 0.25) is 0 Å². The second-order valence-corrected chi connectivity index (χ2v) is 4.26. The monoisotopic (exact) mass is 274 g/mol. The zero-order valence-electron chi connectivity index (χ0n) is 11.8. The molecule has 0 aliphatic heterocycles. The zero-order chi connectivity index (χ0) is 14.4. The number of hydrogen-bond donors (Lipinski definition) is 1. The second kappa shape index (κ2) is 6.81. The highest BCUT2D eigenvalue weighted by Crippen LogP contribution is 2.24. The van der Waals surface area contributed by atoms with Crippen molar-refractivity contribution >= 4 is 0 Å². The third-order valence-corrected chi connectivity index (χ3v) is 3.02. The van der Waals surface area contributed by atoms with Crippen molar-refractivity contribution in [2.75, 3.05) is 14.2 Å². The molecule has 0 unspecified atom stereocenters. The lowest BCUT2D eigenvalue weighted by molar-refractivity contribution is 0.357. The lowest BCUT2D eigenvalue weighted by Crippen LogP contribution is -2.19. The van der Waals surface area contributed by atoms with Crippen LogP contribution < -0.4 is 14.8 Å². The summed E-state index contributed by atoms with van der Waals surface area (Å²) in [5.41, 5.74) is 1.91. The van der Waals surface area contributed by atoms with E-state index in [9.17, 15) is 0 Å². The molecule has 106 valence electrons. The predicted molar refractivity (Wildman–Crippen MR) is 74.6 cm³/mol. The molecule has 0 saturated heterocycles. The van der Waals surface area contributed by atoms with Gasteiger partial charge in [-0.3, -0.25) is 4.98 Å². The molecule has 1 N–H and O–H groups in total. The minimum absolute atomic E-state index is 0.151. The van der Waals surface area contributed by atoms with Crippen molar-refractivity contribution in [2.24, 2.45) is 0 Å². The quantitative estimate of drug-likeness (QED) is 0.865. The Bertz CT molecular complexity index is 526. The van der Waals surface area contributed by atoms with Crippen molar-refractivity contribution in [3.8, 4) is 11.8 Å². The first-order chi connectivity index (χ1) is 9.76. The molecular weight excluding hydrogens is 256 g/mol. The number of rotatable bonds is 6. The van der Waals surface area contributed by atoms with Crippen molar-refractivity contribution in [2.45, 2.75) is 19.5 Å². The van der Waals surface area contributed by atoms with Crippen LogP contribution in [0.4, 0.5) is 0 Å². The lowest BCUT2D eigenvalue weighted by Gasteiger charge is -2.16. The summed E-state index contributed by atoms with van der Waals surface area (Å²) < 4.78 is 10.5. The molecule has 0 aliphatic rings. The topological polar surface area (TPSA) is 69.2 Å². The number of nitrogens with zero attached hydrogens (tertiary/aromatic N) is 3. The van der Waals surface area contributed by atoms with E-state index in [0.717, 1.165) is 11.1 Å². The van der Waals surface area contributed by atoms with Gasteiger partial charge in [0.25, 0.3) is 0 Å². The Kier molecular flexibility index (Phi) is 4.84. The molecule has 0 amide bonds. The summed E-state index contributed by atoms with van der Waals surface area (Å²) in [6.07, 6.45) is 5.02. The van der Waals surface area contributed by atoms with Gasteiger partial charge < -0.3 is 14.8 Å². The molecule has 0 aromatic carbocycles. The van der Waals surface area contributed by atoms with E-state index in [0.29, 0.717) is 18.3 Å². The van der Waals surface area contributed by atoms with E-state index in [1.54, 1.807) is 20.4 Å². The van der Waals surface area contributed by atoms with E-state index in [-0.39, 0.29) is 6.04 Å². The molecule has 20 heavy (non-hydrogen) atoms. The minimum atomic E-state index is 0.151. The molecule has 2 heterocycles. The van der Waals surface area contributed by atoms with Crippen LogP contribution >= 0.6 is 0 Å². The Morgan fingerprint density at radius 1 is 1.20 bits per heavy atom. The molecule has 0 bridgehead atoms. The molecule has 1 atom stereocenters. The normalized spacial score (nSPS) is 11.9. The van der Waals surface area contributed by atoms with Gasteiger partial charge in [0, 0.05) is 25.0 Å². The average Bonchev–Trinajstić information content (AvgIpc) is 2.52. The first-order valence-electron chi connectivity index (χ1n) is 6.31. The summed E-state index contributed by atoms with van der Waals surface area (Å²) in [4.78, 5) is 12.3. The minimum Gasteiger partial charge on any atom is -0.481 e. The van der Waals surface area contributed by atoms with Crippen molar-refractivity contribution in [3.63, 3.8) is 0 Å². The van der Waals surface area contributed by atoms with E-state index in [4.69, 9.17) is 9.47 Å². The molecule has 2 aromatic heterocycles. The summed E-state index contributed by atoms with van der Waals surface area (Å²) in [5, 5.41) is 3.38. The van der Waals surface area contributed by atoms with Gasteiger partial charge in [-0.25, -0.2) is 9.97 Å².